The Hall–Kier alpha value is -1.67. The van der Waals surface area contributed by atoms with Gasteiger partial charge >= 0.3 is 17.9 Å². The van der Waals surface area contributed by atoms with Gasteiger partial charge in [-0.2, -0.15) is 0 Å². The van der Waals surface area contributed by atoms with Gasteiger partial charge in [-0.05, 0) is 6.42 Å². The Morgan fingerprint density at radius 1 is 1.20 bits per heavy atom. The normalized spacial score (nSPS) is 15.2. The van der Waals surface area contributed by atoms with E-state index >= 15 is 0 Å². The average molecular weight is 292 g/mol. The first kappa shape index (κ1) is 18.3. The summed E-state index contributed by atoms with van der Waals surface area (Å²) in [4.78, 5) is 33.3. The number of aliphatic hydroxyl groups excluding tert-OH is 1. The Balaban J connectivity index is 4.86. The molecule has 2 atom stereocenters. The molecule has 0 aromatic heterocycles. The van der Waals surface area contributed by atoms with E-state index in [2.05, 4.69) is 0 Å². The van der Waals surface area contributed by atoms with Crippen LogP contribution in [0, 0.1) is 5.92 Å². The zero-order chi connectivity index (χ0) is 15.8. The van der Waals surface area contributed by atoms with Gasteiger partial charge in [0.2, 0.25) is 0 Å². The van der Waals surface area contributed by atoms with E-state index in [1.165, 1.54) is 0 Å². The molecule has 0 bridgehead atoms. The molecule has 8 nitrogen and oxygen atoms in total. The first-order chi connectivity index (χ1) is 9.29. The van der Waals surface area contributed by atoms with Crippen LogP contribution in [0.1, 0.15) is 32.6 Å². The highest BCUT2D eigenvalue weighted by Gasteiger charge is 2.50. The molecule has 0 aliphatic carbocycles. The molecule has 0 aromatic rings. The van der Waals surface area contributed by atoms with Gasteiger partial charge in [0.05, 0.1) is 19.6 Å². The van der Waals surface area contributed by atoms with Gasteiger partial charge in [0.15, 0.2) is 5.60 Å². The summed E-state index contributed by atoms with van der Waals surface area (Å²) in [5.74, 6) is -6.48. The van der Waals surface area contributed by atoms with Gasteiger partial charge in [-0.25, -0.2) is 4.79 Å². The highest BCUT2D eigenvalue weighted by molar-refractivity contribution is 5.90. The van der Waals surface area contributed by atoms with Crippen LogP contribution in [0.3, 0.4) is 0 Å². The third-order valence-electron chi connectivity index (χ3n) is 2.83. The molecule has 0 rings (SSSR count). The molecule has 0 amide bonds. The lowest BCUT2D eigenvalue weighted by atomic mass is 9.85. The standard InChI is InChI=1S/C12H20O8/c1-2-3-4-5-20-10(16)8(7-13)12(19,11(17)18)6-9(14)15/h8,13,19H,2-7H2,1H3,(H,14,15)(H,17,18). The van der Waals surface area contributed by atoms with Crippen molar-refractivity contribution < 1.29 is 39.5 Å². The Bertz CT molecular complexity index is 353. The molecule has 0 heterocycles. The molecule has 20 heavy (non-hydrogen) atoms. The number of hydrogen-bond acceptors (Lipinski definition) is 6. The molecule has 0 saturated heterocycles. The molecule has 2 unspecified atom stereocenters. The van der Waals surface area contributed by atoms with Crippen molar-refractivity contribution in [1.82, 2.24) is 0 Å². The second-order valence-electron chi connectivity index (χ2n) is 4.41. The number of aliphatic carboxylic acids is 2. The third kappa shape index (κ3) is 5.14. The van der Waals surface area contributed by atoms with Crippen molar-refractivity contribution in [2.75, 3.05) is 13.2 Å². The number of esters is 1. The van der Waals surface area contributed by atoms with E-state index in [9.17, 15) is 19.5 Å². The van der Waals surface area contributed by atoms with Crippen LogP contribution in [-0.4, -0.2) is 57.1 Å². The van der Waals surface area contributed by atoms with Crippen molar-refractivity contribution in [2.45, 2.75) is 38.2 Å². The van der Waals surface area contributed by atoms with E-state index in [0.29, 0.717) is 6.42 Å². The van der Waals surface area contributed by atoms with Crippen molar-refractivity contribution in [2.24, 2.45) is 5.92 Å². The maximum atomic E-state index is 11.7. The van der Waals surface area contributed by atoms with Crippen LogP contribution in [0.2, 0.25) is 0 Å². The van der Waals surface area contributed by atoms with Crippen LogP contribution in [-0.2, 0) is 19.1 Å². The van der Waals surface area contributed by atoms with Crippen LogP contribution < -0.4 is 0 Å². The topological polar surface area (TPSA) is 141 Å². The lowest BCUT2D eigenvalue weighted by molar-refractivity contribution is -0.183. The lowest BCUT2D eigenvalue weighted by Gasteiger charge is -2.28. The number of unbranched alkanes of at least 4 members (excludes halogenated alkanes) is 2. The van der Waals surface area contributed by atoms with Gasteiger partial charge < -0.3 is 25.2 Å². The van der Waals surface area contributed by atoms with Crippen molar-refractivity contribution >= 4 is 17.9 Å². The molecule has 116 valence electrons. The summed E-state index contributed by atoms with van der Waals surface area (Å²) in [5.41, 5.74) is -2.90. The minimum atomic E-state index is -2.90. The molecule has 0 fully saturated rings. The Morgan fingerprint density at radius 2 is 1.80 bits per heavy atom. The molecular formula is C12H20O8. The molecule has 0 aromatic carbocycles. The SMILES string of the molecule is CCCCCOC(=O)C(CO)C(O)(CC(=O)O)C(=O)O. The fourth-order valence-corrected chi connectivity index (χ4v) is 1.62. The molecule has 0 radical (unpaired) electrons. The van der Waals surface area contributed by atoms with E-state index in [1.807, 2.05) is 6.92 Å². The predicted molar refractivity (Wildman–Crippen MR) is 65.9 cm³/mol. The monoisotopic (exact) mass is 292 g/mol. The number of carboxylic acid groups (broad SMARTS) is 2. The second kappa shape index (κ2) is 8.49. The zero-order valence-electron chi connectivity index (χ0n) is 11.2. The second-order valence-corrected chi connectivity index (χ2v) is 4.41. The predicted octanol–water partition coefficient (Wildman–Crippen LogP) is -0.381. The Labute approximate surface area is 116 Å². The first-order valence-corrected chi connectivity index (χ1v) is 6.24. The summed E-state index contributed by atoms with van der Waals surface area (Å²) in [5, 5.41) is 36.5. The van der Waals surface area contributed by atoms with Crippen LogP contribution in [0.5, 0.6) is 0 Å². The van der Waals surface area contributed by atoms with Gasteiger partial charge in [0, 0.05) is 0 Å². The molecule has 8 heteroatoms. The molecular weight excluding hydrogens is 272 g/mol. The molecule has 4 N–H and O–H groups in total. The van der Waals surface area contributed by atoms with E-state index in [-0.39, 0.29) is 6.61 Å². The van der Waals surface area contributed by atoms with Crippen LogP contribution in [0.15, 0.2) is 0 Å². The summed E-state index contributed by atoms with van der Waals surface area (Å²) in [6.45, 7) is 0.934. The van der Waals surface area contributed by atoms with Gasteiger partial charge in [-0.1, -0.05) is 19.8 Å². The van der Waals surface area contributed by atoms with E-state index in [1.54, 1.807) is 0 Å². The minimum Gasteiger partial charge on any atom is -0.481 e. The number of ether oxygens (including phenoxy) is 1. The average Bonchev–Trinajstić information content (AvgIpc) is 2.34. The number of rotatable bonds is 10. The highest BCUT2D eigenvalue weighted by atomic mass is 16.5. The van der Waals surface area contributed by atoms with Crippen molar-refractivity contribution in [1.29, 1.82) is 0 Å². The first-order valence-electron chi connectivity index (χ1n) is 6.24. The minimum absolute atomic E-state index is 0.0198. The zero-order valence-corrected chi connectivity index (χ0v) is 11.2. The largest absolute Gasteiger partial charge is 0.481 e. The Kier molecular flexibility index (Phi) is 7.78. The van der Waals surface area contributed by atoms with Crippen molar-refractivity contribution in [3.05, 3.63) is 0 Å². The highest BCUT2D eigenvalue weighted by Crippen LogP contribution is 2.24. The van der Waals surface area contributed by atoms with Crippen molar-refractivity contribution in [3.63, 3.8) is 0 Å². The lowest BCUT2D eigenvalue weighted by Crippen LogP contribution is -2.52. The Morgan fingerprint density at radius 3 is 2.20 bits per heavy atom. The smallest absolute Gasteiger partial charge is 0.337 e. The van der Waals surface area contributed by atoms with Crippen molar-refractivity contribution in [3.8, 4) is 0 Å². The van der Waals surface area contributed by atoms with E-state index < -0.39 is 42.5 Å². The number of aliphatic hydroxyl groups is 2. The third-order valence-corrected chi connectivity index (χ3v) is 2.83. The molecule has 0 spiro atoms. The summed E-state index contributed by atoms with van der Waals surface area (Å²) in [7, 11) is 0. The van der Waals surface area contributed by atoms with Crippen LogP contribution >= 0.6 is 0 Å². The molecule has 0 aliphatic heterocycles. The fraction of sp³-hybridized carbons (Fsp3) is 0.750. The van der Waals surface area contributed by atoms with Gasteiger partial charge in [-0.3, -0.25) is 9.59 Å². The maximum Gasteiger partial charge on any atom is 0.337 e. The number of carbonyl (C=O) groups is 3. The number of carboxylic acids is 2. The molecule has 0 aliphatic rings. The van der Waals surface area contributed by atoms with Gasteiger partial charge in [0.25, 0.3) is 0 Å². The van der Waals surface area contributed by atoms with Gasteiger partial charge in [-0.15, -0.1) is 0 Å². The van der Waals surface area contributed by atoms with Gasteiger partial charge in [0.1, 0.15) is 5.92 Å². The quantitative estimate of drug-likeness (QED) is 0.315. The van der Waals surface area contributed by atoms with Crippen LogP contribution in [0.4, 0.5) is 0 Å². The number of hydrogen-bond donors (Lipinski definition) is 4. The molecule has 0 saturated carbocycles. The summed E-state index contributed by atoms with van der Waals surface area (Å²) in [6, 6.07) is 0. The van der Waals surface area contributed by atoms with Crippen LogP contribution in [0.25, 0.3) is 0 Å². The maximum absolute atomic E-state index is 11.7. The summed E-state index contributed by atoms with van der Waals surface area (Å²) >= 11 is 0. The van der Waals surface area contributed by atoms with E-state index in [4.69, 9.17) is 20.1 Å². The summed E-state index contributed by atoms with van der Waals surface area (Å²) < 4.78 is 4.76. The van der Waals surface area contributed by atoms with E-state index in [0.717, 1.165) is 12.8 Å². The number of carbonyl (C=O) groups excluding carboxylic acids is 1. The summed E-state index contributed by atoms with van der Waals surface area (Å²) in [6.07, 6.45) is 1.04. The fourth-order valence-electron chi connectivity index (χ4n) is 1.62.